The number of aromatic nitrogens is 2. The Morgan fingerprint density at radius 3 is 2.90 bits per heavy atom. The summed E-state index contributed by atoms with van der Waals surface area (Å²) in [4.78, 5) is 18.2. The molecular weight excluding hydrogens is 284 g/mol. The minimum atomic E-state index is -0.585. The van der Waals surface area contributed by atoms with Gasteiger partial charge in [-0.05, 0) is 25.1 Å². The van der Waals surface area contributed by atoms with Gasteiger partial charge in [0.2, 0.25) is 5.82 Å². The highest BCUT2D eigenvalue weighted by molar-refractivity contribution is 6.30. The molecule has 0 aliphatic rings. The molecule has 2 aromatic rings. The lowest BCUT2D eigenvalue weighted by Crippen LogP contribution is -2.06. The van der Waals surface area contributed by atoms with Crippen LogP contribution in [0.5, 0.6) is 11.6 Å². The minimum absolute atomic E-state index is 0.115. The van der Waals surface area contributed by atoms with Crippen molar-refractivity contribution in [1.29, 1.82) is 0 Å². The summed E-state index contributed by atoms with van der Waals surface area (Å²) in [6.07, 6.45) is 1.20. The molecule has 1 heterocycles. The number of halogens is 1. The van der Waals surface area contributed by atoms with E-state index in [4.69, 9.17) is 16.3 Å². The van der Waals surface area contributed by atoms with E-state index >= 15 is 0 Å². The van der Waals surface area contributed by atoms with Crippen LogP contribution in [0.1, 0.15) is 6.92 Å². The molecule has 0 saturated heterocycles. The Morgan fingerprint density at radius 2 is 2.25 bits per heavy atom. The number of rotatable bonds is 5. The number of nitrogens with one attached hydrogen (secondary N) is 1. The standard InChI is InChI=1S/C12H11ClN4O3/c1-2-14-11-10(17(18)19)12(16-7-15-11)20-9-5-3-4-8(13)6-9/h3-7H,2H2,1H3,(H,14,15,16). The second-order valence-corrected chi connectivity index (χ2v) is 4.16. The summed E-state index contributed by atoms with van der Waals surface area (Å²) < 4.78 is 5.42. The maximum absolute atomic E-state index is 11.2. The summed E-state index contributed by atoms with van der Waals surface area (Å²) >= 11 is 5.84. The predicted octanol–water partition coefficient (Wildman–Crippen LogP) is 3.26. The van der Waals surface area contributed by atoms with Gasteiger partial charge >= 0.3 is 11.6 Å². The summed E-state index contributed by atoms with van der Waals surface area (Å²) in [5, 5.41) is 14.4. The zero-order valence-corrected chi connectivity index (χ0v) is 11.3. The smallest absolute Gasteiger partial charge is 0.373 e. The average Bonchev–Trinajstić information content (AvgIpc) is 2.39. The van der Waals surface area contributed by atoms with Crippen molar-refractivity contribution in [3.05, 3.63) is 45.7 Å². The van der Waals surface area contributed by atoms with Gasteiger partial charge in [0.1, 0.15) is 12.1 Å². The van der Waals surface area contributed by atoms with Gasteiger partial charge in [-0.3, -0.25) is 10.1 Å². The number of anilines is 1. The predicted molar refractivity (Wildman–Crippen MR) is 74.4 cm³/mol. The van der Waals surface area contributed by atoms with Crippen molar-refractivity contribution in [2.24, 2.45) is 0 Å². The Morgan fingerprint density at radius 1 is 1.45 bits per heavy atom. The lowest BCUT2D eigenvalue weighted by atomic mass is 10.3. The molecule has 1 aromatic heterocycles. The zero-order valence-electron chi connectivity index (χ0n) is 10.5. The van der Waals surface area contributed by atoms with E-state index in [1.807, 2.05) is 6.92 Å². The van der Waals surface area contributed by atoms with Crippen LogP contribution in [0.2, 0.25) is 5.02 Å². The molecule has 104 valence electrons. The summed E-state index contributed by atoms with van der Waals surface area (Å²) in [5.41, 5.74) is -0.311. The zero-order chi connectivity index (χ0) is 14.5. The van der Waals surface area contributed by atoms with Crippen molar-refractivity contribution in [3.8, 4) is 11.6 Å². The van der Waals surface area contributed by atoms with Gasteiger partial charge in [0, 0.05) is 11.6 Å². The largest absolute Gasteiger partial charge is 0.433 e. The SMILES string of the molecule is CCNc1ncnc(Oc2cccc(Cl)c2)c1[N+](=O)[O-]. The first-order valence-electron chi connectivity index (χ1n) is 5.78. The normalized spacial score (nSPS) is 10.1. The van der Waals surface area contributed by atoms with Crippen molar-refractivity contribution < 1.29 is 9.66 Å². The fourth-order valence-corrected chi connectivity index (χ4v) is 1.72. The molecule has 0 fully saturated rings. The van der Waals surface area contributed by atoms with Gasteiger partial charge < -0.3 is 10.1 Å². The first kappa shape index (κ1) is 14.0. The molecule has 20 heavy (non-hydrogen) atoms. The molecule has 0 bridgehead atoms. The fraction of sp³-hybridized carbons (Fsp3) is 0.167. The molecule has 1 N–H and O–H groups in total. The number of ether oxygens (including phenoxy) is 1. The van der Waals surface area contributed by atoms with E-state index in [-0.39, 0.29) is 17.4 Å². The molecule has 1 aromatic carbocycles. The van der Waals surface area contributed by atoms with Gasteiger partial charge in [0.15, 0.2) is 0 Å². The van der Waals surface area contributed by atoms with Gasteiger partial charge in [-0.15, -0.1) is 0 Å². The number of hydrogen-bond acceptors (Lipinski definition) is 6. The summed E-state index contributed by atoms with van der Waals surface area (Å²) in [5.74, 6) is 0.342. The number of hydrogen-bond donors (Lipinski definition) is 1. The van der Waals surface area contributed by atoms with Gasteiger partial charge in [-0.2, -0.15) is 4.98 Å². The van der Waals surface area contributed by atoms with Crippen molar-refractivity contribution >= 4 is 23.1 Å². The van der Waals surface area contributed by atoms with E-state index in [9.17, 15) is 10.1 Å². The average molecular weight is 295 g/mol. The van der Waals surface area contributed by atoms with Crippen LogP contribution in [0, 0.1) is 10.1 Å². The molecule has 0 amide bonds. The molecule has 0 aliphatic carbocycles. The number of nitrogens with zero attached hydrogens (tertiary/aromatic N) is 3. The molecular formula is C12H11ClN4O3. The van der Waals surface area contributed by atoms with Crippen LogP contribution >= 0.6 is 11.6 Å². The van der Waals surface area contributed by atoms with Crippen LogP contribution < -0.4 is 10.1 Å². The van der Waals surface area contributed by atoms with E-state index in [2.05, 4.69) is 15.3 Å². The van der Waals surface area contributed by atoms with Gasteiger partial charge in [-0.1, -0.05) is 17.7 Å². The van der Waals surface area contributed by atoms with Crippen molar-refractivity contribution in [2.45, 2.75) is 6.92 Å². The van der Waals surface area contributed by atoms with Crippen molar-refractivity contribution in [1.82, 2.24) is 9.97 Å². The molecule has 0 saturated carbocycles. The highest BCUT2D eigenvalue weighted by Crippen LogP contribution is 2.34. The van der Waals surface area contributed by atoms with Gasteiger partial charge in [0.25, 0.3) is 0 Å². The highest BCUT2D eigenvalue weighted by atomic mass is 35.5. The first-order chi connectivity index (χ1) is 9.61. The third kappa shape index (κ3) is 3.12. The lowest BCUT2D eigenvalue weighted by molar-refractivity contribution is -0.385. The molecule has 0 atom stereocenters. The maximum atomic E-state index is 11.2. The monoisotopic (exact) mass is 294 g/mol. The molecule has 0 aliphatic heterocycles. The van der Waals surface area contributed by atoms with Gasteiger partial charge in [0.05, 0.1) is 4.92 Å². The Bertz CT molecular complexity index is 636. The van der Waals surface area contributed by atoms with E-state index in [0.717, 1.165) is 0 Å². The van der Waals surface area contributed by atoms with E-state index in [0.29, 0.717) is 17.3 Å². The van der Waals surface area contributed by atoms with Crippen LogP contribution in [0.3, 0.4) is 0 Å². The third-order valence-corrected chi connectivity index (χ3v) is 2.56. The number of benzene rings is 1. The molecule has 0 spiro atoms. The minimum Gasteiger partial charge on any atom is -0.433 e. The summed E-state index contributed by atoms with van der Waals surface area (Å²) in [6, 6.07) is 6.52. The quantitative estimate of drug-likeness (QED) is 0.672. The maximum Gasteiger partial charge on any atom is 0.373 e. The van der Waals surface area contributed by atoms with E-state index in [1.165, 1.54) is 6.33 Å². The third-order valence-electron chi connectivity index (χ3n) is 2.33. The molecule has 8 heteroatoms. The Kier molecular flexibility index (Phi) is 4.31. The van der Waals surface area contributed by atoms with Crippen LogP contribution in [-0.2, 0) is 0 Å². The molecule has 0 unspecified atom stereocenters. The van der Waals surface area contributed by atoms with E-state index in [1.54, 1.807) is 24.3 Å². The molecule has 2 rings (SSSR count). The van der Waals surface area contributed by atoms with E-state index < -0.39 is 4.92 Å². The van der Waals surface area contributed by atoms with Crippen molar-refractivity contribution in [2.75, 3.05) is 11.9 Å². The highest BCUT2D eigenvalue weighted by Gasteiger charge is 2.24. The molecule has 7 nitrogen and oxygen atoms in total. The van der Waals surface area contributed by atoms with Gasteiger partial charge in [-0.25, -0.2) is 4.98 Å². The van der Waals surface area contributed by atoms with Crippen LogP contribution in [0.15, 0.2) is 30.6 Å². The van der Waals surface area contributed by atoms with Crippen LogP contribution in [0.25, 0.3) is 0 Å². The van der Waals surface area contributed by atoms with Crippen LogP contribution in [0.4, 0.5) is 11.5 Å². The second kappa shape index (κ2) is 6.16. The first-order valence-corrected chi connectivity index (χ1v) is 6.16. The summed E-state index contributed by atoms with van der Waals surface area (Å²) in [7, 11) is 0. The Balaban J connectivity index is 2.40. The van der Waals surface area contributed by atoms with Crippen LogP contribution in [-0.4, -0.2) is 21.4 Å². The Labute approximate surface area is 119 Å². The topological polar surface area (TPSA) is 90.2 Å². The lowest BCUT2D eigenvalue weighted by Gasteiger charge is -2.08. The molecule has 0 radical (unpaired) electrons. The second-order valence-electron chi connectivity index (χ2n) is 3.72. The summed E-state index contributed by atoms with van der Waals surface area (Å²) in [6.45, 7) is 2.30. The Hall–Kier alpha value is -2.41. The number of nitro groups is 1. The van der Waals surface area contributed by atoms with Crippen molar-refractivity contribution in [3.63, 3.8) is 0 Å². The fourth-order valence-electron chi connectivity index (χ4n) is 1.54.